The van der Waals surface area contributed by atoms with Crippen molar-refractivity contribution in [3.05, 3.63) is 6.42 Å². The molecule has 1 heteroatoms. The number of hydrogen-bond donors (Lipinski definition) is 1. The smallest absolute Gasteiger partial charge is 0.00439 e. The zero-order chi connectivity index (χ0) is 5.98. The molecule has 2 unspecified atom stereocenters. The molecule has 0 aromatic carbocycles. The van der Waals surface area contributed by atoms with E-state index in [2.05, 4.69) is 25.6 Å². The fraction of sp³-hybridized carbons (Fsp3) is 0.857. The van der Waals surface area contributed by atoms with E-state index in [1.165, 1.54) is 12.8 Å². The average molecular weight is 112 g/mol. The molecule has 1 nitrogen and oxygen atoms in total. The molecular formula is C7H14N. The van der Waals surface area contributed by atoms with E-state index in [-0.39, 0.29) is 0 Å². The van der Waals surface area contributed by atoms with Crippen LogP contribution in [0.2, 0.25) is 0 Å². The van der Waals surface area contributed by atoms with Crippen LogP contribution in [-0.4, -0.2) is 12.1 Å². The third-order valence-corrected chi connectivity index (χ3v) is 1.61. The van der Waals surface area contributed by atoms with Crippen molar-refractivity contribution < 1.29 is 0 Å². The lowest BCUT2D eigenvalue weighted by atomic mass is 10.0. The van der Waals surface area contributed by atoms with Crippen molar-refractivity contribution in [3.8, 4) is 0 Å². The average Bonchev–Trinajstić information content (AvgIpc) is 1.64. The SMILES string of the molecule is CC1C[CH]CC(C)N1. The van der Waals surface area contributed by atoms with Gasteiger partial charge in [-0.3, -0.25) is 0 Å². The zero-order valence-electron chi connectivity index (χ0n) is 5.65. The van der Waals surface area contributed by atoms with E-state index < -0.39 is 0 Å². The summed E-state index contributed by atoms with van der Waals surface area (Å²) in [6.45, 7) is 4.46. The summed E-state index contributed by atoms with van der Waals surface area (Å²) in [5.41, 5.74) is 0. The first-order valence-electron chi connectivity index (χ1n) is 3.37. The molecular weight excluding hydrogens is 98.1 g/mol. The van der Waals surface area contributed by atoms with Gasteiger partial charge in [0.25, 0.3) is 0 Å². The van der Waals surface area contributed by atoms with Crippen molar-refractivity contribution in [2.75, 3.05) is 0 Å². The third kappa shape index (κ3) is 1.48. The quantitative estimate of drug-likeness (QED) is 0.499. The lowest BCUT2D eigenvalue weighted by Crippen LogP contribution is -2.38. The summed E-state index contributed by atoms with van der Waals surface area (Å²) < 4.78 is 0. The molecule has 1 rings (SSSR count). The molecule has 1 heterocycles. The van der Waals surface area contributed by atoms with Crippen LogP contribution in [0.3, 0.4) is 0 Å². The Morgan fingerprint density at radius 2 is 1.75 bits per heavy atom. The molecule has 1 saturated heterocycles. The summed E-state index contributed by atoms with van der Waals surface area (Å²) in [5, 5.41) is 3.45. The minimum atomic E-state index is 0.707. The topological polar surface area (TPSA) is 12.0 Å². The van der Waals surface area contributed by atoms with Gasteiger partial charge in [-0.15, -0.1) is 0 Å². The Morgan fingerprint density at radius 1 is 1.25 bits per heavy atom. The fourth-order valence-electron chi connectivity index (χ4n) is 1.22. The predicted molar refractivity (Wildman–Crippen MR) is 35.6 cm³/mol. The maximum absolute atomic E-state index is 3.45. The van der Waals surface area contributed by atoms with Crippen LogP contribution in [0.15, 0.2) is 0 Å². The van der Waals surface area contributed by atoms with Crippen LogP contribution in [0, 0.1) is 6.42 Å². The minimum absolute atomic E-state index is 0.707. The van der Waals surface area contributed by atoms with Crippen LogP contribution in [0.4, 0.5) is 0 Å². The summed E-state index contributed by atoms with van der Waals surface area (Å²) in [4.78, 5) is 0. The number of nitrogens with one attached hydrogen (secondary N) is 1. The highest BCUT2D eigenvalue weighted by atomic mass is 14.9. The maximum Gasteiger partial charge on any atom is 0.00439 e. The summed E-state index contributed by atoms with van der Waals surface area (Å²) in [7, 11) is 0. The standard InChI is InChI=1S/C7H14N/c1-6-4-3-5-7(2)8-6/h3,6-8H,4-5H2,1-2H3. The van der Waals surface area contributed by atoms with E-state index in [0.717, 1.165) is 0 Å². The number of hydrogen-bond acceptors (Lipinski definition) is 1. The first-order chi connectivity index (χ1) is 3.79. The van der Waals surface area contributed by atoms with Gasteiger partial charge in [0, 0.05) is 12.1 Å². The number of piperidine rings is 1. The van der Waals surface area contributed by atoms with Gasteiger partial charge in [-0.05, 0) is 33.1 Å². The molecule has 2 atom stereocenters. The Kier molecular flexibility index (Phi) is 1.90. The molecule has 0 aliphatic carbocycles. The van der Waals surface area contributed by atoms with Crippen LogP contribution >= 0.6 is 0 Å². The number of rotatable bonds is 0. The van der Waals surface area contributed by atoms with Gasteiger partial charge < -0.3 is 5.32 Å². The van der Waals surface area contributed by atoms with Crippen LogP contribution in [0.1, 0.15) is 26.7 Å². The lowest BCUT2D eigenvalue weighted by molar-refractivity contribution is 0.407. The van der Waals surface area contributed by atoms with E-state index in [0.29, 0.717) is 12.1 Å². The monoisotopic (exact) mass is 112 g/mol. The van der Waals surface area contributed by atoms with Gasteiger partial charge >= 0.3 is 0 Å². The second-order valence-corrected chi connectivity index (χ2v) is 2.73. The maximum atomic E-state index is 3.45. The van der Waals surface area contributed by atoms with Crippen LogP contribution < -0.4 is 5.32 Å². The molecule has 0 spiro atoms. The van der Waals surface area contributed by atoms with E-state index in [1.54, 1.807) is 0 Å². The minimum Gasteiger partial charge on any atom is -0.312 e. The zero-order valence-corrected chi connectivity index (χ0v) is 5.65. The lowest BCUT2D eigenvalue weighted by Gasteiger charge is -2.25. The first kappa shape index (κ1) is 6.09. The molecule has 0 amide bonds. The fourth-order valence-corrected chi connectivity index (χ4v) is 1.22. The molecule has 8 heavy (non-hydrogen) atoms. The first-order valence-corrected chi connectivity index (χ1v) is 3.37. The molecule has 1 aliphatic heterocycles. The second kappa shape index (κ2) is 2.49. The van der Waals surface area contributed by atoms with Crippen LogP contribution in [-0.2, 0) is 0 Å². The molecule has 47 valence electrons. The van der Waals surface area contributed by atoms with Crippen LogP contribution in [0.25, 0.3) is 0 Å². The van der Waals surface area contributed by atoms with Crippen molar-refractivity contribution in [1.29, 1.82) is 0 Å². The normalized spacial score (nSPS) is 39.8. The third-order valence-electron chi connectivity index (χ3n) is 1.61. The highest BCUT2D eigenvalue weighted by Crippen LogP contribution is 2.09. The Morgan fingerprint density at radius 3 is 2.00 bits per heavy atom. The molecule has 1 radical (unpaired) electrons. The highest BCUT2D eigenvalue weighted by molar-refractivity contribution is 4.84. The summed E-state index contributed by atoms with van der Waals surface area (Å²) in [6.07, 6.45) is 4.85. The summed E-state index contributed by atoms with van der Waals surface area (Å²) >= 11 is 0. The van der Waals surface area contributed by atoms with Gasteiger partial charge in [0.05, 0.1) is 0 Å². The van der Waals surface area contributed by atoms with Crippen molar-refractivity contribution in [2.45, 2.75) is 38.8 Å². The van der Waals surface area contributed by atoms with Gasteiger partial charge in [-0.1, -0.05) is 0 Å². The van der Waals surface area contributed by atoms with Crippen LogP contribution in [0.5, 0.6) is 0 Å². The molecule has 0 aromatic heterocycles. The molecule has 0 aromatic rings. The van der Waals surface area contributed by atoms with E-state index >= 15 is 0 Å². The Hall–Kier alpha value is -0.0400. The van der Waals surface area contributed by atoms with Crippen molar-refractivity contribution in [3.63, 3.8) is 0 Å². The van der Waals surface area contributed by atoms with E-state index in [4.69, 9.17) is 0 Å². The second-order valence-electron chi connectivity index (χ2n) is 2.73. The Bertz CT molecular complexity index is 62.8. The molecule has 1 aliphatic rings. The molecule has 1 N–H and O–H groups in total. The van der Waals surface area contributed by atoms with E-state index in [9.17, 15) is 0 Å². The van der Waals surface area contributed by atoms with Crippen molar-refractivity contribution in [2.24, 2.45) is 0 Å². The Labute approximate surface area is 51.5 Å². The predicted octanol–water partition coefficient (Wildman–Crippen LogP) is 1.35. The van der Waals surface area contributed by atoms with Gasteiger partial charge in [0.1, 0.15) is 0 Å². The highest BCUT2D eigenvalue weighted by Gasteiger charge is 2.12. The van der Waals surface area contributed by atoms with Crippen molar-refractivity contribution in [1.82, 2.24) is 5.32 Å². The molecule has 0 bridgehead atoms. The summed E-state index contributed by atoms with van der Waals surface area (Å²) in [5.74, 6) is 0. The van der Waals surface area contributed by atoms with E-state index in [1.807, 2.05) is 0 Å². The molecule has 1 fully saturated rings. The van der Waals surface area contributed by atoms with Gasteiger partial charge in [0.2, 0.25) is 0 Å². The van der Waals surface area contributed by atoms with Crippen molar-refractivity contribution >= 4 is 0 Å². The van der Waals surface area contributed by atoms with Gasteiger partial charge in [-0.25, -0.2) is 0 Å². The van der Waals surface area contributed by atoms with Gasteiger partial charge in [-0.2, -0.15) is 0 Å². The van der Waals surface area contributed by atoms with Gasteiger partial charge in [0.15, 0.2) is 0 Å². The molecule has 0 saturated carbocycles. The summed E-state index contributed by atoms with van der Waals surface area (Å²) in [6, 6.07) is 1.41. The largest absolute Gasteiger partial charge is 0.312 e. The Balaban J connectivity index is 2.23.